The van der Waals surface area contributed by atoms with E-state index in [0.717, 1.165) is 27.8 Å². The average molecular weight is 551 g/mol. The van der Waals surface area contributed by atoms with E-state index in [4.69, 9.17) is 14.2 Å². The van der Waals surface area contributed by atoms with E-state index >= 15 is 0 Å². The minimum atomic E-state index is -0.776. The van der Waals surface area contributed by atoms with Crippen LogP contribution >= 0.6 is 0 Å². The van der Waals surface area contributed by atoms with Crippen LogP contribution < -0.4 is 11.2 Å². The Kier molecular flexibility index (Phi) is 7.39. The van der Waals surface area contributed by atoms with Crippen molar-refractivity contribution in [3.63, 3.8) is 0 Å². The number of rotatable bonds is 7. The monoisotopic (exact) mass is 550 g/mol. The van der Waals surface area contributed by atoms with Crippen molar-refractivity contribution in [3.8, 4) is 11.1 Å². The van der Waals surface area contributed by atoms with Gasteiger partial charge in [0.05, 0.1) is 0 Å². The first-order valence-electron chi connectivity index (χ1n) is 13.7. The SMILES string of the molecule is Cc1cn([C@H]2C[C@H](C=Cc3ccccc3)[C@@H](COC(=O)OCC3c4ccccc4-c4ccccc43)O2)c(=O)[nH]c1=O. The molecular formula is C33H30N2O6. The second kappa shape index (κ2) is 11.4. The minimum absolute atomic E-state index is 0.0476. The molecule has 1 N–H and O–H groups in total. The quantitative estimate of drug-likeness (QED) is 0.308. The number of ether oxygens (including phenoxy) is 3. The second-order valence-electron chi connectivity index (χ2n) is 10.4. The van der Waals surface area contributed by atoms with Gasteiger partial charge >= 0.3 is 11.8 Å². The highest BCUT2D eigenvalue weighted by molar-refractivity contribution is 5.79. The van der Waals surface area contributed by atoms with Crippen LogP contribution in [-0.2, 0) is 14.2 Å². The third-order valence-electron chi connectivity index (χ3n) is 7.77. The number of nitrogens with zero attached hydrogens (tertiary/aromatic N) is 1. The van der Waals surface area contributed by atoms with Crippen LogP contribution in [0.25, 0.3) is 17.2 Å². The van der Waals surface area contributed by atoms with Crippen molar-refractivity contribution in [1.82, 2.24) is 9.55 Å². The zero-order valence-corrected chi connectivity index (χ0v) is 22.6. The number of carbonyl (C=O) groups is 1. The zero-order valence-electron chi connectivity index (χ0n) is 22.6. The number of nitrogens with one attached hydrogen (secondary N) is 1. The van der Waals surface area contributed by atoms with Crippen molar-refractivity contribution in [2.75, 3.05) is 13.2 Å². The van der Waals surface area contributed by atoms with Gasteiger partial charge in [-0.1, -0.05) is 91.0 Å². The summed E-state index contributed by atoms with van der Waals surface area (Å²) in [6, 6.07) is 26.1. The Balaban J connectivity index is 1.14. The van der Waals surface area contributed by atoms with Crippen molar-refractivity contribution in [2.45, 2.75) is 31.6 Å². The summed E-state index contributed by atoms with van der Waals surface area (Å²) in [6.45, 7) is 1.74. The lowest BCUT2D eigenvalue weighted by atomic mass is 9.98. The molecule has 208 valence electrons. The Bertz CT molecular complexity index is 1660. The summed E-state index contributed by atoms with van der Waals surface area (Å²) >= 11 is 0. The highest BCUT2D eigenvalue weighted by Crippen LogP contribution is 2.44. The molecule has 41 heavy (non-hydrogen) atoms. The smallest absolute Gasteiger partial charge is 0.433 e. The molecule has 0 radical (unpaired) electrons. The Morgan fingerprint density at radius 2 is 1.56 bits per heavy atom. The molecule has 6 rings (SSSR count). The Hall–Kier alpha value is -4.69. The maximum Gasteiger partial charge on any atom is 0.508 e. The molecular weight excluding hydrogens is 520 g/mol. The van der Waals surface area contributed by atoms with Gasteiger partial charge in [0.15, 0.2) is 0 Å². The van der Waals surface area contributed by atoms with Crippen molar-refractivity contribution < 1.29 is 19.0 Å². The molecule has 1 saturated heterocycles. The fourth-order valence-electron chi connectivity index (χ4n) is 5.67. The van der Waals surface area contributed by atoms with Crippen LogP contribution in [0.15, 0.2) is 101 Å². The van der Waals surface area contributed by atoms with Gasteiger partial charge in [0.2, 0.25) is 0 Å². The first kappa shape index (κ1) is 26.5. The number of hydrogen-bond acceptors (Lipinski definition) is 6. The van der Waals surface area contributed by atoms with Gasteiger partial charge in [-0.25, -0.2) is 9.59 Å². The molecule has 1 aliphatic heterocycles. The summed E-state index contributed by atoms with van der Waals surface area (Å²) in [5.41, 5.74) is 4.99. The number of H-pyrrole nitrogens is 1. The van der Waals surface area contributed by atoms with Gasteiger partial charge in [0.25, 0.3) is 5.56 Å². The van der Waals surface area contributed by atoms with E-state index in [2.05, 4.69) is 29.2 Å². The third kappa shape index (κ3) is 5.51. The summed E-state index contributed by atoms with van der Waals surface area (Å²) in [5, 5.41) is 0. The minimum Gasteiger partial charge on any atom is -0.433 e. The highest BCUT2D eigenvalue weighted by Gasteiger charge is 2.36. The van der Waals surface area contributed by atoms with Gasteiger partial charge in [-0.05, 0) is 34.7 Å². The molecule has 2 heterocycles. The summed E-state index contributed by atoms with van der Waals surface area (Å²) in [6.07, 6.45) is 4.04. The standard InChI is InChI=1S/C33H30N2O6/c1-21-18-35(32(37)34-31(21)36)30-17-23(16-15-22-9-3-2-4-10-22)29(41-30)20-40-33(38)39-19-28-26-13-7-5-11-24(26)25-12-6-8-14-27(25)28/h2-16,18,23,28-30H,17,19-20H2,1H3,(H,34,36,37)/t23-,29+,30+/m0/s1. The number of aryl methyl sites for hydroxylation is 1. The molecule has 3 aromatic carbocycles. The molecule has 4 aromatic rings. The molecule has 0 amide bonds. The fraction of sp³-hybridized carbons (Fsp3) is 0.242. The lowest BCUT2D eigenvalue weighted by Gasteiger charge is -2.18. The fourth-order valence-corrected chi connectivity index (χ4v) is 5.67. The lowest BCUT2D eigenvalue weighted by molar-refractivity contribution is -0.0446. The van der Waals surface area contributed by atoms with E-state index in [1.165, 1.54) is 10.8 Å². The largest absolute Gasteiger partial charge is 0.508 e. The van der Waals surface area contributed by atoms with Gasteiger partial charge in [-0.15, -0.1) is 0 Å². The molecule has 3 atom stereocenters. The number of hydrogen-bond donors (Lipinski definition) is 1. The van der Waals surface area contributed by atoms with Crippen molar-refractivity contribution in [2.24, 2.45) is 5.92 Å². The zero-order chi connectivity index (χ0) is 28.3. The van der Waals surface area contributed by atoms with E-state index in [1.807, 2.05) is 66.7 Å². The van der Waals surface area contributed by atoms with Crippen molar-refractivity contribution >= 4 is 12.2 Å². The second-order valence-corrected chi connectivity index (χ2v) is 10.4. The van der Waals surface area contributed by atoms with E-state index in [0.29, 0.717) is 12.0 Å². The van der Waals surface area contributed by atoms with Crippen LogP contribution in [0.2, 0.25) is 0 Å². The molecule has 0 spiro atoms. The van der Waals surface area contributed by atoms with Gasteiger partial charge in [0, 0.05) is 30.0 Å². The predicted molar refractivity (Wildman–Crippen MR) is 155 cm³/mol. The van der Waals surface area contributed by atoms with Gasteiger partial charge in [0.1, 0.15) is 25.5 Å². The van der Waals surface area contributed by atoms with Crippen molar-refractivity contribution in [1.29, 1.82) is 0 Å². The van der Waals surface area contributed by atoms with Crippen LogP contribution in [0.5, 0.6) is 0 Å². The average Bonchev–Trinajstić information content (AvgIpc) is 3.55. The first-order chi connectivity index (χ1) is 20.0. The molecule has 8 heteroatoms. The third-order valence-corrected chi connectivity index (χ3v) is 7.77. The highest BCUT2D eigenvalue weighted by atomic mass is 16.7. The number of carbonyl (C=O) groups excluding carboxylic acids is 1. The Morgan fingerprint density at radius 3 is 2.27 bits per heavy atom. The summed E-state index contributed by atoms with van der Waals surface area (Å²) in [4.78, 5) is 39.5. The van der Waals surface area contributed by atoms with Crippen LogP contribution in [0.3, 0.4) is 0 Å². The van der Waals surface area contributed by atoms with Gasteiger partial charge < -0.3 is 14.2 Å². The predicted octanol–water partition coefficient (Wildman–Crippen LogP) is 5.43. The Labute approximate surface area is 236 Å². The van der Waals surface area contributed by atoms with Crippen LogP contribution in [0.4, 0.5) is 4.79 Å². The van der Waals surface area contributed by atoms with Gasteiger partial charge in [-0.3, -0.25) is 14.3 Å². The molecule has 0 bridgehead atoms. The first-order valence-corrected chi connectivity index (χ1v) is 13.7. The summed E-state index contributed by atoms with van der Waals surface area (Å²) < 4.78 is 18.7. The van der Waals surface area contributed by atoms with Crippen LogP contribution in [0, 0.1) is 12.8 Å². The Morgan fingerprint density at radius 1 is 0.927 bits per heavy atom. The number of benzene rings is 3. The summed E-state index contributed by atoms with van der Waals surface area (Å²) in [5.74, 6) is -0.223. The molecule has 0 saturated carbocycles. The van der Waals surface area contributed by atoms with E-state index in [1.54, 1.807) is 6.92 Å². The van der Waals surface area contributed by atoms with Crippen LogP contribution in [0.1, 0.15) is 40.8 Å². The molecule has 1 aliphatic carbocycles. The normalized spacial score (nSPS) is 19.7. The van der Waals surface area contributed by atoms with Crippen molar-refractivity contribution in [3.05, 3.63) is 134 Å². The summed E-state index contributed by atoms with van der Waals surface area (Å²) in [7, 11) is 0. The van der Waals surface area contributed by atoms with E-state index < -0.39 is 29.7 Å². The molecule has 0 unspecified atom stereocenters. The number of aromatic amines is 1. The van der Waals surface area contributed by atoms with Crippen LogP contribution in [-0.4, -0.2) is 35.0 Å². The maximum atomic E-state index is 12.7. The van der Waals surface area contributed by atoms with Gasteiger partial charge in [-0.2, -0.15) is 0 Å². The number of fused-ring (bicyclic) bond motifs is 3. The molecule has 2 aliphatic rings. The van der Waals surface area contributed by atoms with E-state index in [-0.39, 0.29) is 25.0 Å². The molecule has 1 fully saturated rings. The van der Waals surface area contributed by atoms with E-state index in [9.17, 15) is 14.4 Å². The maximum absolute atomic E-state index is 12.7. The molecule has 8 nitrogen and oxygen atoms in total. The number of aromatic nitrogens is 2. The molecule has 1 aromatic heterocycles. The lowest BCUT2D eigenvalue weighted by Crippen LogP contribution is -2.33. The topological polar surface area (TPSA) is 99.6 Å².